The van der Waals surface area contributed by atoms with Gasteiger partial charge >= 0.3 is 6.09 Å². The zero-order chi connectivity index (χ0) is 30.6. The molecule has 1 aliphatic rings. The number of hydrogen-bond donors (Lipinski definition) is 1. The fraction of sp³-hybridized carbons (Fsp3) is 0.433. The van der Waals surface area contributed by atoms with Crippen LogP contribution < -0.4 is 20.1 Å². The van der Waals surface area contributed by atoms with Gasteiger partial charge in [0.2, 0.25) is 0 Å². The van der Waals surface area contributed by atoms with Crippen molar-refractivity contribution in [1.29, 1.82) is 0 Å². The van der Waals surface area contributed by atoms with Gasteiger partial charge in [-0.3, -0.25) is 0 Å². The first-order valence-electron chi connectivity index (χ1n) is 13.8. The van der Waals surface area contributed by atoms with Crippen molar-refractivity contribution in [3.05, 3.63) is 58.1 Å². The molecule has 1 aliphatic heterocycles. The van der Waals surface area contributed by atoms with Crippen LogP contribution in [-0.2, 0) is 11.2 Å². The van der Waals surface area contributed by atoms with Crippen LogP contribution in [0.5, 0.6) is 11.5 Å². The highest BCUT2D eigenvalue weighted by Gasteiger charge is 2.31. The van der Waals surface area contributed by atoms with E-state index in [2.05, 4.69) is 9.88 Å². The van der Waals surface area contributed by atoms with E-state index in [4.69, 9.17) is 48.1 Å². The molecule has 2 N–H and O–H groups in total. The van der Waals surface area contributed by atoms with Crippen molar-refractivity contribution < 1.29 is 23.4 Å². The number of amides is 1. The molecule has 1 aromatic carbocycles. The molecule has 0 radical (unpaired) electrons. The summed E-state index contributed by atoms with van der Waals surface area (Å²) in [5, 5.41) is 0.331. The normalized spacial score (nSPS) is 15.5. The van der Waals surface area contributed by atoms with Gasteiger partial charge in [0.05, 0.1) is 18.2 Å². The Morgan fingerprint density at radius 3 is 2.57 bits per heavy atom. The van der Waals surface area contributed by atoms with Crippen LogP contribution in [0.2, 0.25) is 10.0 Å². The van der Waals surface area contributed by atoms with Gasteiger partial charge in [0.25, 0.3) is 0 Å². The Kier molecular flexibility index (Phi) is 9.89. The number of nitrogens with zero attached hydrogens (tertiary/aromatic N) is 4. The lowest BCUT2D eigenvalue weighted by atomic mass is 10.1. The smallest absolute Gasteiger partial charge is 0.410 e. The van der Waals surface area contributed by atoms with E-state index >= 15 is 0 Å². The van der Waals surface area contributed by atoms with E-state index in [0.29, 0.717) is 59.5 Å². The van der Waals surface area contributed by atoms with Gasteiger partial charge in [-0.1, -0.05) is 23.2 Å². The molecule has 12 heteroatoms. The van der Waals surface area contributed by atoms with Crippen LogP contribution in [0.3, 0.4) is 0 Å². The number of pyridine rings is 2. The molecule has 0 spiro atoms. The van der Waals surface area contributed by atoms with Crippen molar-refractivity contribution in [2.75, 3.05) is 43.5 Å². The second kappa shape index (κ2) is 13.2. The lowest BCUT2D eigenvalue weighted by Gasteiger charge is -2.40. The molecule has 0 saturated carbocycles. The number of hydrogen-bond acceptors (Lipinski definition) is 8. The highest BCUT2D eigenvalue weighted by molar-refractivity contribution is 6.36. The fourth-order valence-electron chi connectivity index (χ4n) is 4.64. The van der Waals surface area contributed by atoms with E-state index in [1.807, 2.05) is 40.7 Å². The number of nitrogen functional groups attached to an aromatic ring is 1. The van der Waals surface area contributed by atoms with Crippen LogP contribution in [0.15, 0.2) is 36.7 Å². The molecule has 0 aliphatic carbocycles. The minimum Gasteiger partial charge on any atom is -0.493 e. The summed E-state index contributed by atoms with van der Waals surface area (Å²) in [7, 11) is 0. The van der Waals surface area contributed by atoms with E-state index in [1.165, 1.54) is 12.1 Å². The van der Waals surface area contributed by atoms with Crippen molar-refractivity contribution in [3.63, 3.8) is 0 Å². The van der Waals surface area contributed by atoms with Crippen molar-refractivity contribution in [3.8, 4) is 22.6 Å². The number of nitrogens with two attached hydrogens (primary N) is 1. The molecule has 1 saturated heterocycles. The number of aromatic nitrogens is 2. The number of rotatable bonds is 8. The van der Waals surface area contributed by atoms with Gasteiger partial charge in [-0.05, 0) is 58.4 Å². The Labute approximate surface area is 255 Å². The second-order valence-corrected chi connectivity index (χ2v) is 11.8. The van der Waals surface area contributed by atoms with E-state index in [-0.39, 0.29) is 36.0 Å². The number of piperazine rings is 1. The molecule has 226 valence electrons. The zero-order valence-corrected chi connectivity index (χ0v) is 25.9. The quantitative estimate of drug-likeness (QED) is 0.280. The number of carbonyl (C=O) groups is 1. The molecule has 2 aromatic heterocycles. The lowest BCUT2D eigenvalue weighted by Crippen LogP contribution is -2.54. The molecule has 1 amide bonds. The van der Waals surface area contributed by atoms with Gasteiger partial charge < -0.3 is 29.7 Å². The van der Waals surface area contributed by atoms with Crippen LogP contribution in [0.25, 0.3) is 11.1 Å². The number of carbonyl (C=O) groups excluding carboxylic acids is 1. The first kappa shape index (κ1) is 31.4. The standard InChI is InChI=1S/C30H36Cl2FN5O4/c1-6-40-24-14-26(38-11-10-37(17-18(38)2)29(39)42-30(3,4)5)35-16-21(24)19-13-25(28(34)36-15-19)41-12-9-20-22(31)7-8-23(33)27(20)32/h7-8,13-16,18H,6,9-12,17H2,1-5H3,(H2,34,36)/t18-/m0/s1. The molecule has 3 heterocycles. The predicted molar refractivity (Wildman–Crippen MR) is 163 cm³/mol. The summed E-state index contributed by atoms with van der Waals surface area (Å²) in [4.78, 5) is 25.5. The average molecular weight is 621 g/mol. The summed E-state index contributed by atoms with van der Waals surface area (Å²) < 4.78 is 31.3. The Balaban J connectivity index is 1.50. The Morgan fingerprint density at radius 1 is 1.12 bits per heavy atom. The first-order chi connectivity index (χ1) is 19.9. The monoisotopic (exact) mass is 619 g/mol. The molecule has 9 nitrogen and oxygen atoms in total. The van der Waals surface area contributed by atoms with Crippen LogP contribution in [0, 0.1) is 5.82 Å². The largest absolute Gasteiger partial charge is 0.493 e. The van der Waals surface area contributed by atoms with Gasteiger partial charge in [0.1, 0.15) is 23.0 Å². The summed E-state index contributed by atoms with van der Waals surface area (Å²) >= 11 is 12.3. The third-order valence-corrected chi connectivity index (χ3v) is 7.43. The fourth-order valence-corrected chi connectivity index (χ4v) is 5.20. The van der Waals surface area contributed by atoms with Crippen LogP contribution in [-0.4, -0.2) is 65.5 Å². The minimum absolute atomic E-state index is 0.0115. The molecular formula is C30H36Cl2FN5O4. The van der Waals surface area contributed by atoms with Gasteiger partial charge in [-0.2, -0.15) is 0 Å². The lowest BCUT2D eigenvalue weighted by molar-refractivity contribution is 0.0218. The molecular weight excluding hydrogens is 584 g/mol. The average Bonchev–Trinajstić information content (AvgIpc) is 2.93. The van der Waals surface area contributed by atoms with Crippen molar-refractivity contribution in [2.24, 2.45) is 0 Å². The van der Waals surface area contributed by atoms with Gasteiger partial charge in [-0.15, -0.1) is 0 Å². The van der Waals surface area contributed by atoms with E-state index in [0.717, 1.165) is 5.82 Å². The van der Waals surface area contributed by atoms with Gasteiger partial charge in [0.15, 0.2) is 11.6 Å². The number of anilines is 2. The highest BCUT2D eigenvalue weighted by Crippen LogP contribution is 2.36. The third-order valence-electron chi connectivity index (χ3n) is 6.67. The van der Waals surface area contributed by atoms with Gasteiger partial charge in [0, 0.05) is 66.7 Å². The van der Waals surface area contributed by atoms with Crippen LogP contribution in [0.4, 0.5) is 20.8 Å². The maximum absolute atomic E-state index is 13.9. The number of halogens is 3. The Morgan fingerprint density at radius 2 is 1.88 bits per heavy atom. The Hall–Kier alpha value is -3.50. The highest BCUT2D eigenvalue weighted by atomic mass is 35.5. The summed E-state index contributed by atoms with van der Waals surface area (Å²) in [5.41, 5.74) is 7.42. The Bertz CT molecular complexity index is 1440. The first-order valence-corrected chi connectivity index (χ1v) is 14.5. The maximum Gasteiger partial charge on any atom is 0.410 e. The minimum atomic E-state index is -0.550. The van der Waals surface area contributed by atoms with Crippen LogP contribution >= 0.6 is 23.2 Å². The molecule has 0 bridgehead atoms. The summed E-state index contributed by atoms with van der Waals surface area (Å²) in [6, 6.07) is 6.35. The molecule has 0 unspecified atom stereocenters. The topological polar surface area (TPSA) is 103 Å². The molecule has 1 fully saturated rings. The third kappa shape index (κ3) is 7.46. The van der Waals surface area contributed by atoms with Crippen molar-refractivity contribution in [1.82, 2.24) is 14.9 Å². The number of ether oxygens (including phenoxy) is 3. The summed E-state index contributed by atoms with van der Waals surface area (Å²) in [5.74, 6) is 1.38. The molecule has 1 atom stereocenters. The zero-order valence-electron chi connectivity index (χ0n) is 24.4. The van der Waals surface area contributed by atoms with Crippen molar-refractivity contribution >= 4 is 40.9 Å². The SMILES string of the molecule is CCOc1cc(N2CCN(C(=O)OC(C)(C)C)C[C@@H]2C)ncc1-c1cnc(N)c(OCCc2c(Cl)ccc(F)c2Cl)c1. The summed E-state index contributed by atoms with van der Waals surface area (Å²) in [6.45, 7) is 11.7. The second-order valence-electron chi connectivity index (χ2n) is 11.0. The maximum atomic E-state index is 13.9. The van der Waals surface area contributed by atoms with E-state index in [9.17, 15) is 9.18 Å². The molecule has 3 aromatic rings. The van der Waals surface area contributed by atoms with Gasteiger partial charge in [-0.25, -0.2) is 19.2 Å². The van der Waals surface area contributed by atoms with Crippen molar-refractivity contribution in [2.45, 2.75) is 52.7 Å². The molecule has 42 heavy (non-hydrogen) atoms. The predicted octanol–water partition coefficient (Wildman–Crippen LogP) is 6.64. The number of benzene rings is 1. The molecule has 4 rings (SSSR count). The van der Waals surface area contributed by atoms with Crippen LogP contribution in [0.1, 0.15) is 40.2 Å². The summed E-state index contributed by atoms with van der Waals surface area (Å²) in [6.07, 6.45) is 3.32. The van der Waals surface area contributed by atoms with E-state index < -0.39 is 11.4 Å². The van der Waals surface area contributed by atoms with E-state index in [1.54, 1.807) is 23.4 Å².